The van der Waals surface area contributed by atoms with Crippen molar-refractivity contribution in [2.75, 3.05) is 0 Å². The number of allylic oxidation sites excluding steroid dienone is 1. The van der Waals surface area contributed by atoms with Crippen molar-refractivity contribution in [3.63, 3.8) is 0 Å². The maximum atomic E-state index is 10.0. The molecular weight excluding hydrogens is 336 g/mol. The third-order valence-corrected chi connectivity index (χ3v) is 1.93. The van der Waals surface area contributed by atoms with Crippen LogP contribution in [0, 0.1) is 19.9 Å². The fourth-order valence-electron chi connectivity index (χ4n) is 1.24. The molecule has 0 radical (unpaired) electrons. The van der Waals surface area contributed by atoms with E-state index in [1.54, 1.807) is 6.29 Å². The average Bonchev–Trinajstić information content (AvgIpc) is 2.38. The smallest absolute Gasteiger partial charge is 0.442 e. The van der Waals surface area contributed by atoms with Gasteiger partial charge in [0.2, 0.25) is 0 Å². The zero-order chi connectivity index (χ0) is 15.3. The molecule has 6 heteroatoms. The van der Waals surface area contributed by atoms with Gasteiger partial charge in [-0.25, -0.2) is 17.7 Å². The Morgan fingerprint density at radius 2 is 1.90 bits per heavy atom. The van der Waals surface area contributed by atoms with Gasteiger partial charge < -0.3 is 40.3 Å². The molecule has 0 aliphatic carbocycles. The normalized spacial score (nSPS) is 7.90. The fourth-order valence-corrected chi connectivity index (χ4v) is 1.24. The van der Waals surface area contributed by atoms with E-state index >= 15 is 0 Å². The number of hydrogen-bond acceptors (Lipinski definition) is 3. The molecule has 1 aromatic carbocycles. The molecule has 0 fully saturated rings. The quantitative estimate of drug-likeness (QED) is 0.262. The number of carbonyl (C=O) groups is 1. The number of carbonyl (C=O) groups excluding carboxylic acids is 2. The molecular formula is C15H17K2NO2S-2. The van der Waals surface area contributed by atoms with Crippen molar-refractivity contribution in [2.24, 2.45) is 5.73 Å². The van der Waals surface area contributed by atoms with Crippen LogP contribution in [0.5, 0.6) is 0 Å². The van der Waals surface area contributed by atoms with Crippen LogP contribution in [0.3, 0.4) is 0 Å². The molecule has 0 spiro atoms. The molecule has 0 aliphatic rings. The molecule has 0 aromatic heterocycles. The first kappa shape index (κ1) is 30.2. The molecule has 0 aliphatic heterocycles. The van der Waals surface area contributed by atoms with Gasteiger partial charge in [0.15, 0.2) is 0 Å². The molecule has 0 bridgehead atoms. The summed E-state index contributed by atoms with van der Waals surface area (Å²) in [6.45, 7) is 6.88. The van der Waals surface area contributed by atoms with E-state index in [0.29, 0.717) is 0 Å². The predicted molar refractivity (Wildman–Crippen MR) is 81.4 cm³/mol. The molecule has 0 heterocycles. The van der Waals surface area contributed by atoms with Crippen molar-refractivity contribution < 1.29 is 112 Å². The molecule has 3 nitrogen and oxygen atoms in total. The maximum Gasteiger partial charge on any atom is 1.00 e. The van der Waals surface area contributed by atoms with E-state index in [1.807, 2.05) is 13.0 Å². The van der Waals surface area contributed by atoms with Gasteiger partial charge in [0.1, 0.15) is 0 Å². The van der Waals surface area contributed by atoms with Crippen LogP contribution >= 0.6 is 12.2 Å². The Labute approximate surface area is 218 Å². The summed E-state index contributed by atoms with van der Waals surface area (Å²) in [6, 6.07) is 6.15. The minimum absolute atomic E-state index is 0. The summed E-state index contributed by atoms with van der Waals surface area (Å²) in [4.78, 5) is 19.1. The van der Waals surface area contributed by atoms with E-state index in [0.717, 1.165) is 12.0 Å². The maximum absolute atomic E-state index is 10.0. The van der Waals surface area contributed by atoms with Gasteiger partial charge in [0.05, 0.1) is 5.91 Å². The number of hydrogen-bond donors (Lipinski definition) is 1. The Hall–Kier alpha value is 1.33. The van der Waals surface area contributed by atoms with E-state index < -0.39 is 5.91 Å². The Morgan fingerprint density at radius 3 is 2.29 bits per heavy atom. The van der Waals surface area contributed by atoms with E-state index in [1.165, 1.54) is 17.2 Å². The summed E-state index contributed by atoms with van der Waals surface area (Å²) >= 11 is 3.58. The molecule has 1 aromatic rings. The van der Waals surface area contributed by atoms with Crippen molar-refractivity contribution in [1.29, 1.82) is 0 Å². The van der Waals surface area contributed by atoms with Crippen LogP contribution in [0.4, 0.5) is 0 Å². The van der Waals surface area contributed by atoms with Crippen LogP contribution in [0.1, 0.15) is 23.6 Å². The van der Waals surface area contributed by atoms with Gasteiger partial charge in [-0.15, -0.1) is 11.6 Å². The van der Waals surface area contributed by atoms with Crippen molar-refractivity contribution in [1.82, 2.24) is 0 Å². The molecule has 0 unspecified atom stereocenters. The van der Waals surface area contributed by atoms with Crippen molar-refractivity contribution in [2.45, 2.75) is 20.3 Å². The number of benzene rings is 1. The molecule has 21 heavy (non-hydrogen) atoms. The van der Waals surface area contributed by atoms with E-state index in [9.17, 15) is 4.79 Å². The number of rotatable bonds is 3. The molecule has 0 saturated carbocycles. The van der Waals surface area contributed by atoms with Gasteiger partial charge in [-0.3, -0.25) is 11.6 Å². The first-order chi connectivity index (χ1) is 9.01. The number of primary amides is 1. The Morgan fingerprint density at radius 1 is 1.43 bits per heavy atom. The first-order valence-corrected chi connectivity index (χ1v) is 5.88. The second-order valence-corrected chi connectivity index (χ2v) is 3.39. The predicted octanol–water partition coefficient (Wildman–Crippen LogP) is -3.82. The van der Waals surface area contributed by atoms with E-state index in [4.69, 9.17) is 4.79 Å². The monoisotopic (exact) mass is 353 g/mol. The SMILES string of the molecule is CCc1ccc(C)cc1[C-]=C[C-]=O.[CH-]=S.[CH2-]C(N)=O.[K+].[K+]. The summed E-state index contributed by atoms with van der Waals surface area (Å²) in [6.07, 6.45) is 6.85. The van der Waals surface area contributed by atoms with Gasteiger partial charge in [0, 0.05) is 0 Å². The van der Waals surface area contributed by atoms with Gasteiger partial charge in [0.25, 0.3) is 0 Å². The topological polar surface area (TPSA) is 60.2 Å². The fraction of sp³-hybridized carbons (Fsp3) is 0.200. The van der Waals surface area contributed by atoms with Crippen LogP contribution in [0.25, 0.3) is 0 Å². The van der Waals surface area contributed by atoms with E-state index in [-0.39, 0.29) is 103 Å². The molecule has 2 N–H and O–H groups in total. The third kappa shape index (κ3) is 19.3. The van der Waals surface area contributed by atoms with Gasteiger partial charge in [-0.1, -0.05) is 26.3 Å². The first-order valence-electron chi connectivity index (χ1n) is 5.41. The van der Waals surface area contributed by atoms with Crippen LogP contribution in [0.2, 0.25) is 0 Å². The summed E-state index contributed by atoms with van der Waals surface area (Å²) in [5.41, 5.74) is 7.74. The average molecular weight is 354 g/mol. The number of aryl methyl sites for hydroxylation is 2. The molecule has 0 saturated heterocycles. The second kappa shape index (κ2) is 21.3. The van der Waals surface area contributed by atoms with Crippen LogP contribution in [-0.4, -0.2) is 18.1 Å². The van der Waals surface area contributed by atoms with Gasteiger partial charge in [-0.05, 0) is 6.29 Å². The van der Waals surface area contributed by atoms with E-state index in [2.05, 4.69) is 55.9 Å². The Bertz CT molecular complexity index is 434. The van der Waals surface area contributed by atoms with Crippen molar-refractivity contribution in [3.8, 4) is 0 Å². The van der Waals surface area contributed by atoms with Gasteiger partial charge in [-0.2, -0.15) is 0 Å². The molecule has 0 atom stereocenters. The summed E-state index contributed by atoms with van der Waals surface area (Å²) < 4.78 is 0. The second-order valence-electron chi connectivity index (χ2n) is 3.39. The zero-order valence-electron chi connectivity index (χ0n) is 13.1. The van der Waals surface area contributed by atoms with Crippen LogP contribution in [-0.2, 0) is 16.0 Å². The summed E-state index contributed by atoms with van der Waals surface area (Å²) in [7, 11) is 0. The standard InChI is InChI=1S/C12H12O.C2H4NO.CHS.2K/c1-3-11-7-6-10(2)9-12(11)5-4-8-13;1-2(3)4;1-2;;/h4,6-7,9H,3H2,1-2H3;1H2,(H2,3,4);1H;;/q-2;2*-1;2*+1. The molecule has 104 valence electrons. The minimum Gasteiger partial charge on any atom is -0.442 e. The Balaban J connectivity index is -0.000000158. The zero-order valence-corrected chi connectivity index (χ0v) is 20.2. The Kier molecular flexibility index (Phi) is 30.7. The largest absolute Gasteiger partial charge is 1.00 e. The third-order valence-electron chi connectivity index (χ3n) is 1.93. The molecule has 1 rings (SSSR count). The number of nitrogens with two attached hydrogens (primary N) is 1. The van der Waals surface area contributed by atoms with Crippen molar-refractivity contribution >= 4 is 30.3 Å². The minimum atomic E-state index is -0.583. The summed E-state index contributed by atoms with van der Waals surface area (Å²) in [5.74, 6) is 3.50. The van der Waals surface area contributed by atoms with Crippen molar-refractivity contribution in [3.05, 3.63) is 54.0 Å². The number of thiocarbonyl (C=S) groups is 1. The molecule has 1 amide bonds. The number of amides is 1. The van der Waals surface area contributed by atoms with Crippen LogP contribution < -0.4 is 109 Å². The van der Waals surface area contributed by atoms with Gasteiger partial charge >= 0.3 is 103 Å². The van der Waals surface area contributed by atoms with Crippen LogP contribution in [0.15, 0.2) is 24.3 Å². The summed E-state index contributed by atoms with van der Waals surface area (Å²) in [5, 5.41) is 0.